The molecular formula is C56H74FN7O10S. The fourth-order valence-corrected chi connectivity index (χ4v) is 10.6. The number of benzene rings is 3. The van der Waals surface area contributed by atoms with Gasteiger partial charge in [0.05, 0.1) is 81.1 Å². The number of carbonyl (C=O) groups excluding carboxylic acids is 4. The van der Waals surface area contributed by atoms with Crippen LogP contribution in [0.25, 0.3) is 21.3 Å². The number of hydrogen-bond donors (Lipinski definition) is 5. The molecule has 0 radical (unpaired) electrons. The summed E-state index contributed by atoms with van der Waals surface area (Å²) in [4.78, 5) is 65.5. The maximum Gasteiger partial charge on any atom is 0.251 e. The van der Waals surface area contributed by atoms with Crippen LogP contribution in [0.15, 0.2) is 78.3 Å². The highest BCUT2D eigenvalue weighted by atomic mass is 32.1. The second kappa shape index (κ2) is 25.9. The number of aliphatic hydroxyl groups excluding tert-OH is 1. The number of nitrogens with two attached hydrogens (primary N) is 1. The Labute approximate surface area is 443 Å². The summed E-state index contributed by atoms with van der Waals surface area (Å²) in [6.45, 7) is 14.7. The van der Waals surface area contributed by atoms with E-state index < -0.39 is 53.1 Å². The van der Waals surface area contributed by atoms with Gasteiger partial charge in [-0.15, -0.1) is 11.3 Å². The number of rotatable bonds is 26. The van der Waals surface area contributed by atoms with Crippen molar-refractivity contribution in [3.8, 4) is 10.4 Å². The average Bonchev–Trinajstić information content (AvgIpc) is 4.09. The van der Waals surface area contributed by atoms with Gasteiger partial charge in [0.25, 0.3) is 5.91 Å². The summed E-state index contributed by atoms with van der Waals surface area (Å²) in [5.41, 5.74) is 13.3. The fraction of sp³-hybridized carbons (Fsp3) is 0.518. The molecule has 6 N–H and O–H groups in total. The van der Waals surface area contributed by atoms with E-state index in [1.165, 1.54) is 15.8 Å². The van der Waals surface area contributed by atoms with Gasteiger partial charge in [0.15, 0.2) is 6.10 Å². The van der Waals surface area contributed by atoms with E-state index in [2.05, 4.69) is 44.6 Å². The lowest BCUT2D eigenvalue weighted by Gasteiger charge is -2.43. The molecule has 75 heavy (non-hydrogen) atoms. The molecule has 0 aliphatic carbocycles. The van der Waals surface area contributed by atoms with Crippen LogP contribution in [0.3, 0.4) is 0 Å². The zero-order chi connectivity index (χ0) is 53.9. The molecule has 406 valence electrons. The largest absolute Gasteiger partial charge is 0.391 e. The Kier molecular flexibility index (Phi) is 19.7. The number of ether oxygens (including phenoxy) is 5. The zero-order valence-corrected chi connectivity index (χ0v) is 45.0. The predicted octanol–water partition coefficient (Wildman–Crippen LogP) is 6.10. The van der Waals surface area contributed by atoms with Crippen LogP contribution in [0.1, 0.15) is 93.8 Å². The number of thiazole rings is 1. The van der Waals surface area contributed by atoms with Gasteiger partial charge in [-0.25, -0.2) is 9.37 Å². The lowest BCUT2D eigenvalue weighted by Crippen LogP contribution is -2.58. The Balaban J connectivity index is 0.760. The number of β-amino-alcohol motifs (C(OH)–C–C–N with tert-alkyl or cyclic N) is 1. The van der Waals surface area contributed by atoms with Gasteiger partial charge in [-0.3, -0.25) is 24.1 Å². The predicted molar refractivity (Wildman–Crippen MR) is 284 cm³/mol. The molecule has 1 saturated heterocycles. The number of carbonyl (C=O) groups is 4. The second-order valence-electron chi connectivity index (χ2n) is 21.1. The van der Waals surface area contributed by atoms with Gasteiger partial charge < -0.3 is 55.0 Å². The molecule has 7 rings (SSSR count). The smallest absolute Gasteiger partial charge is 0.251 e. The van der Waals surface area contributed by atoms with Crippen LogP contribution in [0.2, 0.25) is 0 Å². The minimum absolute atomic E-state index is 0.0307. The van der Waals surface area contributed by atoms with Crippen molar-refractivity contribution in [2.24, 2.45) is 11.1 Å². The monoisotopic (exact) mass is 1060 g/mol. The van der Waals surface area contributed by atoms with Gasteiger partial charge in [0, 0.05) is 48.7 Å². The number of H-pyrrole nitrogens is 1. The number of likely N-dealkylation sites (tertiary alicyclic amines) is 1. The summed E-state index contributed by atoms with van der Waals surface area (Å²) in [6.07, 6.45) is -0.990. The number of aliphatic hydroxyl groups is 1. The lowest BCUT2D eigenvalue weighted by atomic mass is 9.85. The third-order valence-corrected chi connectivity index (χ3v) is 14.4. The van der Waals surface area contributed by atoms with Gasteiger partial charge in [0.1, 0.15) is 24.4 Å². The number of primary amides is 1. The third kappa shape index (κ3) is 15.3. The van der Waals surface area contributed by atoms with Crippen LogP contribution >= 0.6 is 11.3 Å². The van der Waals surface area contributed by atoms with E-state index in [4.69, 9.17) is 29.4 Å². The van der Waals surface area contributed by atoms with Crippen molar-refractivity contribution >= 4 is 45.9 Å². The van der Waals surface area contributed by atoms with E-state index in [9.17, 15) is 24.3 Å². The summed E-state index contributed by atoms with van der Waals surface area (Å²) in [5, 5.41) is 17.4. The van der Waals surface area contributed by atoms with Gasteiger partial charge >= 0.3 is 0 Å². The van der Waals surface area contributed by atoms with Crippen molar-refractivity contribution < 1.29 is 52.4 Å². The molecule has 3 aromatic carbocycles. The lowest BCUT2D eigenvalue weighted by molar-refractivity contribution is -0.144. The number of nitrogens with zero attached hydrogens (tertiary/aromatic N) is 3. The van der Waals surface area contributed by atoms with Crippen LogP contribution in [-0.4, -0.2) is 151 Å². The summed E-state index contributed by atoms with van der Waals surface area (Å²) in [5.74, 6) is -1.97. The number of para-hydroxylation sites is 1. The molecule has 2 aliphatic heterocycles. The quantitative estimate of drug-likeness (QED) is 0.0397. The molecule has 0 saturated carbocycles. The third-order valence-electron chi connectivity index (χ3n) is 13.5. The number of aromatic amines is 1. The van der Waals surface area contributed by atoms with E-state index in [0.717, 1.165) is 44.9 Å². The molecule has 4 heterocycles. The molecule has 6 atom stereocenters. The number of fused-ring (bicyclic) bond motifs is 3. The Morgan fingerprint density at radius 1 is 0.893 bits per heavy atom. The summed E-state index contributed by atoms with van der Waals surface area (Å²) in [7, 11) is 0. The summed E-state index contributed by atoms with van der Waals surface area (Å²) >= 11 is 1.57. The maximum atomic E-state index is 15.2. The van der Waals surface area contributed by atoms with Gasteiger partial charge in [0.2, 0.25) is 17.7 Å². The minimum Gasteiger partial charge on any atom is -0.391 e. The van der Waals surface area contributed by atoms with Gasteiger partial charge in [-0.2, -0.15) is 0 Å². The first-order valence-electron chi connectivity index (χ1n) is 25.7. The van der Waals surface area contributed by atoms with Crippen LogP contribution in [0.4, 0.5) is 4.39 Å². The van der Waals surface area contributed by atoms with Gasteiger partial charge in [-0.1, -0.05) is 87.5 Å². The number of nitrogens with one attached hydrogen (secondary N) is 3. The van der Waals surface area contributed by atoms with E-state index in [0.29, 0.717) is 18.8 Å². The Bertz CT molecular complexity index is 2680. The molecule has 2 aliphatic rings. The molecule has 19 heteroatoms. The molecule has 0 spiro atoms. The number of amides is 4. The summed E-state index contributed by atoms with van der Waals surface area (Å²) < 4.78 is 43.5. The van der Waals surface area contributed by atoms with Crippen molar-refractivity contribution in [1.82, 2.24) is 30.4 Å². The first-order valence-corrected chi connectivity index (χ1v) is 26.6. The maximum absolute atomic E-state index is 15.2. The van der Waals surface area contributed by atoms with Crippen molar-refractivity contribution in [2.75, 3.05) is 72.6 Å². The number of aromatic nitrogens is 2. The van der Waals surface area contributed by atoms with E-state index in [-0.39, 0.29) is 90.3 Å². The van der Waals surface area contributed by atoms with Crippen molar-refractivity contribution in [3.63, 3.8) is 0 Å². The molecule has 17 nitrogen and oxygen atoms in total. The van der Waals surface area contributed by atoms with Crippen LogP contribution in [0, 0.1) is 12.3 Å². The fourth-order valence-electron chi connectivity index (χ4n) is 9.77. The molecule has 1 unspecified atom stereocenters. The molecule has 5 aromatic rings. The zero-order valence-electron chi connectivity index (χ0n) is 44.2. The highest BCUT2D eigenvalue weighted by Crippen LogP contribution is 2.42. The normalized spacial score (nSPS) is 19.0. The topological polar surface area (TPSA) is 220 Å². The molecular weight excluding hydrogens is 982 g/mol. The van der Waals surface area contributed by atoms with E-state index in [1.807, 2.05) is 88.4 Å². The summed E-state index contributed by atoms with van der Waals surface area (Å²) in [6, 6.07) is 21.6. The average molecular weight is 1060 g/mol. The Morgan fingerprint density at radius 2 is 1.53 bits per heavy atom. The van der Waals surface area contributed by atoms with Crippen molar-refractivity contribution in [2.45, 2.75) is 110 Å². The Hall–Kier alpha value is -5.64. The standard InChI is InChI=1S/C56H74FN7O10S/c1-35-28-43-42-10-8-9-11-44(42)61-47(43)48(64(35)33-56(6,7)57)38-16-18-39(19-17-38)49(52(58)67)74-27-26-72-23-22-70-20-21-71-24-25-73-32-46(66)62-51(55(3,4)5)54(69)63-31-41(65)29-45(63)53(68)59-30-37-12-14-40(15-13-37)50-36(2)60-34-75-50/h8-19,34-35,41,45,48-49,51,61,65H,20-33H2,1-7H3,(H2,58,67)(H,59,68)(H,62,66)/t35-,41-,45+,48-,49?,51-/m1/s1. The molecule has 0 bridgehead atoms. The highest BCUT2D eigenvalue weighted by molar-refractivity contribution is 7.13. The second-order valence-corrected chi connectivity index (χ2v) is 21.9. The van der Waals surface area contributed by atoms with E-state index in [1.54, 1.807) is 30.7 Å². The first-order chi connectivity index (χ1) is 35.8. The first kappa shape index (κ1) is 57.1. The number of halogens is 1. The molecule has 1 fully saturated rings. The number of alkyl halides is 1. The van der Waals surface area contributed by atoms with E-state index >= 15 is 4.39 Å². The Morgan fingerprint density at radius 3 is 2.15 bits per heavy atom. The van der Waals surface area contributed by atoms with Crippen LogP contribution in [-0.2, 0) is 55.8 Å². The van der Waals surface area contributed by atoms with Crippen LogP contribution < -0.4 is 16.4 Å². The van der Waals surface area contributed by atoms with Crippen molar-refractivity contribution in [3.05, 3.63) is 112 Å². The molecule has 4 amide bonds. The minimum atomic E-state index is -1.41. The van der Waals surface area contributed by atoms with Crippen molar-refractivity contribution in [1.29, 1.82) is 0 Å². The highest BCUT2D eigenvalue weighted by Gasteiger charge is 2.45. The van der Waals surface area contributed by atoms with Crippen LogP contribution in [0.5, 0.6) is 0 Å². The van der Waals surface area contributed by atoms with Gasteiger partial charge in [-0.05, 0) is 73.4 Å². The molecule has 2 aromatic heterocycles. The number of hydrogen-bond acceptors (Lipinski definition) is 13. The SMILES string of the molecule is Cc1ncsc1-c1ccc(CNC(=O)[C@@H]2C[C@@H](O)CN2C(=O)[C@@H](NC(=O)COCCOCCOCCOCCOC(C(N)=O)c2ccc([C@@H]3c4[nH]c5ccccc5c4C[C@@H](C)N3CC(C)(C)F)cc2)C(C)(C)C)cc1. The number of aryl methyl sites for hydroxylation is 1.